The molecule has 7 heteroatoms. The van der Waals surface area contributed by atoms with Gasteiger partial charge in [0.05, 0.1) is 43.8 Å². The lowest BCUT2D eigenvalue weighted by Crippen LogP contribution is -2.58. The quantitative estimate of drug-likeness (QED) is 0.165. The molecule has 0 unspecified atom stereocenters. The summed E-state index contributed by atoms with van der Waals surface area (Å²) in [5.41, 5.74) is 18.2. The van der Waals surface area contributed by atoms with Crippen molar-refractivity contribution in [2.24, 2.45) is 0 Å². The van der Waals surface area contributed by atoms with Gasteiger partial charge < -0.3 is 18.8 Å². The maximum absolute atomic E-state index is 7.88. The van der Waals surface area contributed by atoms with Crippen LogP contribution in [0.5, 0.6) is 11.5 Å². The van der Waals surface area contributed by atoms with Gasteiger partial charge in [0.25, 0.3) is 6.71 Å². The van der Waals surface area contributed by atoms with Gasteiger partial charge in [-0.25, -0.2) is 0 Å². The van der Waals surface area contributed by atoms with Gasteiger partial charge in [0.15, 0.2) is 0 Å². The third-order valence-corrected chi connectivity index (χ3v) is 19.8. The third kappa shape index (κ3) is 7.17. The van der Waals surface area contributed by atoms with Gasteiger partial charge in [0.1, 0.15) is 11.5 Å². The number of anilines is 3. The van der Waals surface area contributed by atoms with Crippen molar-refractivity contribution < 1.29 is 4.74 Å². The Morgan fingerprint density at radius 3 is 1.51 bits per heavy atom. The second kappa shape index (κ2) is 16.5. The second-order valence-corrected chi connectivity index (χ2v) is 28.7. The highest BCUT2D eigenvalue weighted by atomic mass is 32.1. The molecule has 0 bridgehead atoms. The Hall–Kier alpha value is -7.58. The van der Waals surface area contributed by atoms with Gasteiger partial charge >= 0.3 is 0 Å². The topological polar surface area (TPSA) is 22.3 Å². The summed E-state index contributed by atoms with van der Waals surface area (Å²) in [7, 11) is 0. The molecule has 6 heterocycles. The van der Waals surface area contributed by atoms with Crippen molar-refractivity contribution in [1.29, 1.82) is 0 Å². The van der Waals surface area contributed by atoms with E-state index in [1.54, 1.807) is 0 Å². The molecule has 4 nitrogen and oxygen atoms in total. The zero-order valence-corrected chi connectivity index (χ0v) is 48.9. The largest absolute Gasteiger partial charge is 0.458 e. The van der Waals surface area contributed by atoms with Crippen LogP contribution in [0, 0.1) is 0 Å². The van der Waals surface area contributed by atoms with Crippen molar-refractivity contribution in [1.82, 2.24) is 9.13 Å². The van der Waals surface area contributed by atoms with Crippen LogP contribution in [0.15, 0.2) is 170 Å². The molecule has 2 aliphatic rings. The molecule has 0 amide bonds. The molecule has 0 atom stereocenters. The van der Waals surface area contributed by atoms with Gasteiger partial charge in [0, 0.05) is 69.3 Å². The summed E-state index contributed by atoms with van der Waals surface area (Å²) in [4.78, 5) is 2.60. The van der Waals surface area contributed by atoms with E-state index in [-0.39, 0.29) is 28.4 Å². The predicted molar refractivity (Wildman–Crippen MR) is 344 cm³/mol. The Morgan fingerprint density at radius 1 is 0.405 bits per heavy atom. The maximum atomic E-state index is 7.88. The van der Waals surface area contributed by atoms with Crippen molar-refractivity contribution in [3.05, 3.63) is 192 Å². The molecule has 13 aromatic rings. The van der Waals surface area contributed by atoms with E-state index >= 15 is 0 Å². The van der Waals surface area contributed by atoms with Crippen molar-refractivity contribution in [3.63, 3.8) is 0 Å². The SMILES string of the molecule is CC(C)(C)c1ccc(N2c3cc(-n4c5ccccc5c5ccccc54)cc4c3B(c3cc(-n5c6ccc(C(C)(C)C)cc6c6cc(C(C)(C)C)ccc65)c5sc6ccccc6c5c3O4)c3sc4ccc(C(C)(C)C)cc4c32)cc1. The first-order valence-electron chi connectivity index (χ1n) is 28.1. The third-order valence-electron chi connectivity index (χ3n) is 17.4. The van der Waals surface area contributed by atoms with Gasteiger partial charge in [-0.3, -0.25) is 0 Å². The first-order valence-corrected chi connectivity index (χ1v) is 29.7. The Bertz CT molecular complexity index is 4620. The van der Waals surface area contributed by atoms with Crippen molar-refractivity contribution >= 4 is 136 Å². The minimum Gasteiger partial charge on any atom is -0.458 e. The fraction of sp³-hybridized carbons (Fsp3) is 0.222. The summed E-state index contributed by atoms with van der Waals surface area (Å²) in [6.07, 6.45) is 0. The summed E-state index contributed by atoms with van der Waals surface area (Å²) >= 11 is 3.84. The highest BCUT2D eigenvalue weighted by molar-refractivity contribution is 7.33. The summed E-state index contributed by atoms with van der Waals surface area (Å²) in [6.45, 7) is 27.8. The number of rotatable bonds is 3. The van der Waals surface area contributed by atoms with Crippen LogP contribution in [-0.4, -0.2) is 15.8 Å². The van der Waals surface area contributed by atoms with E-state index < -0.39 is 0 Å². The van der Waals surface area contributed by atoms with Gasteiger partial charge in [-0.15, -0.1) is 22.7 Å². The number of hydrogen-bond acceptors (Lipinski definition) is 4. The number of nitrogens with zero attached hydrogens (tertiary/aromatic N) is 3. The Morgan fingerprint density at radius 2 is 0.911 bits per heavy atom. The van der Waals surface area contributed by atoms with Crippen LogP contribution in [0.2, 0.25) is 0 Å². The standard InChI is InChI=1S/C72H64BN3OS2/c1-69(2,3)41-25-30-45(31-26-41)75-58-38-46(74-54-22-16-13-19-47(54)48-20-14-17-23-55(48)74)39-60-64(58)73(68-65(75)52-37-44(72(10,11)12)29-34-62(52)79-68)53-40-59(67-63(66(53)77-60)49-21-15-18-24-61(49)78-67)76-56-32-27-42(70(4,5)6)35-50(56)51-36-43(71(7,8)9)28-33-57(51)76/h13-40H,1-12H3. The highest BCUT2D eigenvalue weighted by Gasteiger charge is 2.46. The number of para-hydroxylation sites is 2. The lowest BCUT2D eigenvalue weighted by Gasteiger charge is -2.39. The molecule has 0 radical (unpaired) electrons. The van der Waals surface area contributed by atoms with Crippen LogP contribution in [0.1, 0.15) is 105 Å². The first kappa shape index (κ1) is 48.5. The molecule has 0 N–H and O–H groups in total. The fourth-order valence-electron chi connectivity index (χ4n) is 13.1. The number of hydrogen-bond donors (Lipinski definition) is 0. The number of fused-ring (bicyclic) bond motifs is 16. The molecule has 4 aromatic heterocycles. The average Bonchev–Trinajstić information content (AvgIpc) is 4.14. The van der Waals surface area contributed by atoms with E-state index in [1.807, 2.05) is 22.7 Å². The van der Waals surface area contributed by atoms with Crippen LogP contribution < -0.4 is 25.3 Å². The molecule has 0 saturated heterocycles. The average molecular weight is 1060 g/mol. The molecule has 388 valence electrons. The van der Waals surface area contributed by atoms with Gasteiger partial charge in [-0.05, 0) is 134 Å². The normalized spacial score (nSPS) is 13.9. The molecular formula is C72H64BN3OS2. The monoisotopic (exact) mass is 1060 g/mol. The highest BCUT2D eigenvalue weighted by Crippen LogP contribution is 2.52. The van der Waals surface area contributed by atoms with Crippen LogP contribution >= 0.6 is 22.7 Å². The minimum atomic E-state index is -0.147. The molecule has 15 rings (SSSR count). The zero-order chi connectivity index (χ0) is 54.4. The Balaban J connectivity index is 1.09. The molecular weight excluding hydrogens is 998 g/mol. The van der Waals surface area contributed by atoms with E-state index in [0.29, 0.717) is 0 Å². The van der Waals surface area contributed by atoms with Gasteiger partial charge in [0.2, 0.25) is 0 Å². The lowest BCUT2D eigenvalue weighted by molar-refractivity contribution is 0.493. The molecule has 0 fully saturated rings. The maximum Gasteiger partial charge on any atom is 0.269 e. The molecule has 2 aliphatic heterocycles. The molecule has 0 saturated carbocycles. The summed E-state index contributed by atoms with van der Waals surface area (Å²) in [6, 6.07) is 65.2. The lowest BCUT2D eigenvalue weighted by atomic mass is 9.36. The minimum absolute atomic E-state index is 0.00443. The zero-order valence-electron chi connectivity index (χ0n) is 47.3. The van der Waals surface area contributed by atoms with Crippen molar-refractivity contribution in [2.45, 2.75) is 105 Å². The molecule has 0 aliphatic carbocycles. The molecule has 0 spiro atoms. The molecule has 9 aromatic carbocycles. The van der Waals surface area contributed by atoms with Crippen LogP contribution in [0.4, 0.5) is 17.1 Å². The predicted octanol–water partition coefficient (Wildman–Crippen LogP) is 19.1. The van der Waals surface area contributed by atoms with Crippen LogP contribution in [0.25, 0.3) is 85.2 Å². The van der Waals surface area contributed by atoms with E-state index in [4.69, 9.17) is 4.74 Å². The van der Waals surface area contributed by atoms with E-state index in [9.17, 15) is 0 Å². The number of thiophene rings is 2. The second-order valence-electron chi connectivity index (χ2n) is 26.6. The van der Waals surface area contributed by atoms with Gasteiger partial charge in [-0.2, -0.15) is 0 Å². The number of ether oxygens (including phenoxy) is 1. The molecule has 79 heavy (non-hydrogen) atoms. The summed E-state index contributed by atoms with van der Waals surface area (Å²) in [5.74, 6) is 1.85. The Labute approximate surface area is 471 Å². The summed E-state index contributed by atoms with van der Waals surface area (Å²) in [5, 5.41) is 8.71. The van der Waals surface area contributed by atoms with Crippen LogP contribution in [-0.2, 0) is 21.7 Å². The van der Waals surface area contributed by atoms with Gasteiger partial charge in [-0.1, -0.05) is 168 Å². The van der Waals surface area contributed by atoms with Crippen LogP contribution in [0.3, 0.4) is 0 Å². The van der Waals surface area contributed by atoms with Crippen molar-refractivity contribution in [3.8, 4) is 22.9 Å². The van der Waals surface area contributed by atoms with E-state index in [2.05, 4.69) is 267 Å². The van der Waals surface area contributed by atoms with Crippen molar-refractivity contribution in [2.75, 3.05) is 4.90 Å². The Kier molecular flexibility index (Phi) is 10.1. The smallest absolute Gasteiger partial charge is 0.269 e. The first-order chi connectivity index (χ1) is 37.7. The number of benzene rings is 9. The fourth-order valence-corrected chi connectivity index (χ4v) is 15.6. The summed E-state index contributed by atoms with van der Waals surface area (Å²) < 4.78 is 18.0. The van der Waals surface area contributed by atoms with E-state index in [1.165, 1.54) is 123 Å². The van der Waals surface area contributed by atoms with E-state index in [0.717, 1.165) is 28.6 Å². The number of aromatic nitrogens is 2.